The van der Waals surface area contributed by atoms with Crippen molar-refractivity contribution in [2.75, 3.05) is 20.1 Å². The first-order chi connectivity index (χ1) is 7.20. The second-order valence-electron chi connectivity index (χ2n) is 3.49. The van der Waals surface area contributed by atoms with Gasteiger partial charge in [0.2, 0.25) is 0 Å². The fourth-order valence-corrected chi connectivity index (χ4v) is 2.13. The van der Waals surface area contributed by atoms with Crippen LogP contribution in [0, 0.1) is 0 Å². The minimum absolute atomic E-state index is 0.141. The van der Waals surface area contributed by atoms with Crippen LogP contribution in [0.2, 0.25) is 0 Å². The molecule has 0 saturated carbocycles. The second kappa shape index (κ2) is 4.21. The van der Waals surface area contributed by atoms with Gasteiger partial charge >= 0.3 is 0 Å². The molecule has 0 bridgehead atoms. The third kappa shape index (κ3) is 1.99. The molecule has 1 aliphatic rings. The van der Waals surface area contributed by atoms with Crippen molar-refractivity contribution in [3.05, 3.63) is 11.1 Å². The van der Waals surface area contributed by atoms with E-state index >= 15 is 0 Å². The van der Waals surface area contributed by atoms with Gasteiger partial charge in [-0.3, -0.25) is 4.79 Å². The Labute approximate surface area is 91.1 Å². The number of carbonyl (C=O) groups is 1. The lowest BCUT2D eigenvalue weighted by Crippen LogP contribution is -2.44. The van der Waals surface area contributed by atoms with Crippen LogP contribution in [-0.4, -0.2) is 57.8 Å². The number of nitrogens with zero attached hydrogens (tertiary/aromatic N) is 3. The average molecular weight is 228 g/mol. The predicted octanol–water partition coefficient (Wildman–Crippen LogP) is -1.06. The van der Waals surface area contributed by atoms with Crippen molar-refractivity contribution < 1.29 is 9.90 Å². The molecule has 1 aliphatic heterocycles. The van der Waals surface area contributed by atoms with Crippen molar-refractivity contribution in [2.24, 2.45) is 0 Å². The Bertz CT molecular complexity index is 342. The Morgan fingerprint density at radius 2 is 2.53 bits per heavy atom. The summed E-state index contributed by atoms with van der Waals surface area (Å²) in [5.41, 5.74) is 0. The van der Waals surface area contributed by atoms with Crippen LogP contribution in [0.3, 0.4) is 0 Å². The molecular weight excluding hydrogens is 216 g/mol. The van der Waals surface area contributed by atoms with Crippen LogP contribution in [0.5, 0.6) is 0 Å². The number of carbonyl (C=O) groups excluding carboxylic acids is 1. The summed E-state index contributed by atoms with van der Waals surface area (Å²) in [7, 11) is 1.68. The number of aliphatic hydroxyl groups excluding tert-OH is 1. The van der Waals surface area contributed by atoms with E-state index in [4.69, 9.17) is 0 Å². The van der Waals surface area contributed by atoms with Gasteiger partial charge in [-0.15, -0.1) is 5.10 Å². The Morgan fingerprint density at radius 1 is 1.73 bits per heavy atom. The van der Waals surface area contributed by atoms with Gasteiger partial charge in [0.1, 0.15) is 4.88 Å². The van der Waals surface area contributed by atoms with E-state index in [2.05, 4.69) is 14.9 Å². The maximum absolute atomic E-state index is 11.9. The molecule has 0 unspecified atom stereocenters. The van der Waals surface area contributed by atoms with Gasteiger partial charge in [-0.1, -0.05) is 4.49 Å². The average Bonchev–Trinajstić information content (AvgIpc) is 2.85. The quantitative estimate of drug-likeness (QED) is 0.675. The molecule has 2 N–H and O–H groups in total. The number of nitrogens with one attached hydrogen (secondary N) is 1. The Morgan fingerprint density at radius 3 is 3.07 bits per heavy atom. The van der Waals surface area contributed by atoms with Crippen LogP contribution in [0.1, 0.15) is 9.67 Å². The number of aromatic nitrogens is 2. The van der Waals surface area contributed by atoms with Crippen LogP contribution in [0.25, 0.3) is 0 Å². The molecule has 0 radical (unpaired) electrons. The van der Waals surface area contributed by atoms with Crippen LogP contribution in [0.4, 0.5) is 0 Å². The van der Waals surface area contributed by atoms with Gasteiger partial charge in [0.05, 0.1) is 18.3 Å². The highest BCUT2D eigenvalue weighted by Crippen LogP contribution is 2.13. The van der Waals surface area contributed by atoms with Crippen LogP contribution >= 0.6 is 11.5 Å². The maximum Gasteiger partial charge on any atom is 0.267 e. The van der Waals surface area contributed by atoms with Crippen molar-refractivity contribution in [3.63, 3.8) is 0 Å². The van der Waals surface area contributed by atoms with E-state index in [0.717, 1.165) is 11.5 Å². The predicted molar refractivity (Wildman–Crippen MR) is 54.7 cm³/mol. The number of amides is 1. The zero-order valence-electron chi connectivity index (χ0n) is 8.25. The molecule has 7 heteroatoms. The highest BCUT2D eigenvalue weighted by atomic mass is 32.1. The van der Waals surface area contributed by atoms with Gasteiger partial charge in [-0.05, 0) is 11.5 Å². The first-order valence-electron chi connectivity index (χ1n) is 4.63. The first kappa shape index (κ1) is 10.5. The molecule has 0 aliphatic carbocycles. The minimum Gasteiger partial charge on any atom is -0.390 e. The van der Waals surface area contributed by atoms with Gasteiger partial charge in [-0.2, -0.15) is 0 Å². The maximum atomic E-state index is 11.9. The molecule has 82 valence electrons. The highest BCUT2D eigenvalue weighted by molar-refractivity contribution is 7.07. The molecule has 1 aromatic rings. The third-order valence-electron chi connectivity index (χ3n) is 2.54. The number of likely N-dealkylation sites (N-methyl/N-ethyl adjacent to an activating group) is 1. The van der Waals surface area contributed by atoms with Crippen LogP contribution in [0.15, 0.2) is 6.20 Å². The van der Waals surface area contributed by atoms with E-state index < -0.39 is 6.10 Å². The van der Waals surface area contributed by atoms with Crippen LogP contribution < -0.4 is 5.32 Å². The molecule has 1 aromatic heterocycles. The number of hydrogen-bond acceptors (Lipinski definition) is 6. The van der Waals surface area contributed by atoms with Crippen molar-refractivity contribution in [1.29, 1.82) is 0 Å². The Balaban J connectivity index is 2.07. The summed E-state index contributed by atoms with van der Waals surface area (Å²) in [6.45, 7) is 1.15. The highest BCUT2D eigenvalue weighted by Gasteiger charge is 2.32. The summed E-state index contributed by atoms with van der Waals surface area (Å²) in [6.07, 6.45) is 0.943. The summed E-state index contributed by atoms with van der Waals surface area (Å²) >= 11 is 1.07. The summed E-state index contributed by atoms with van der Waals surface area (Å²) in [4.78, 5) is 13.9. The standard InChI is InChI=1S/C8H12N4O2S/c1-12(5-2-9-3-6(5)13)8(14)7-4-10-11-15-7/h4-6,9,13H,2-3H2,1H3/t5-,6-/m1/s1. The van der Waals surface area contributed by atoms with Gasteiger partial charge in [0, 0.05) is 20.1 Å². The zero-order valence-corrected chi connectivity index (χ0v) is 9.07. The summed E-state index contributed by atoms with van der Waals surface area (Å²) in [5.74, 6) is -0.141. The van der Waals surface area contributed by atoms with Gasteiger partial charge in [-0.25, -0.2) is 0 Å². The molecular formula is C8H12N4O2S. The van der Waals surface area contributed by atoms with E-state index in [-0.39, 0.29) is 11.9 Å². The van der Waals surface area contributed by atoms with E-state index in [1.54, 1.807) is 11.9 Å². The van der Waals surface area contributed by atoms with Crippen LogP contribution in [-0.2, 0) is 0 Å². The smallest absolute Gasteiger partial charge is 0.267 e. The lowest BCUT2D eigenvalue weighted by Gasteiger charge is -2.25. The summed E-state index contributed by atoms with van der Waals surface area (Å²) < 4.78 is 3.64. The van der Waals surface area contributed by atoms with E-state index in [1.807, 2.05) is 0 Å². The minimum atomic E-state index is -0.500. The van der Waals surface area contributed by atoms with E-state index in [0.29, 0.717) is 18.0 Å². The molecule has 1 fully saturated rings. The largest absolute Gasteiger partial charge is 0.390 e. The van der Waals surface area contributed by atoms with Crippen molar-refractivity contribution in [3.8, 4) is 0 Å². The molecule has 2 heterocycles. The molecule has 2 atom stereocenters. The number of rotatable bonds is 2. The Hall–Kier alpha value is -1.05. The second-order valence-corrected chi connectivity index (χ2v) is 4.28. The lowest BCUT2D eigenvalue weighted by atomic mass is 10.2. The van der Waals surface area contributed by atoms with Crippen molar-refractivity contribution >= 4 is 17.4 Å². The van der Waals surface area contributed by atoms with Crippen molar-refractivity contribution in [1.82, 2.24) is 19.8 Å². The molecule has 0 aromatic carbocycles. The molecule has 0 spiro atoms. The molecule has 15 heavy (non-hydrogen) atoms. The van der Waals surface area contributed by atoms with E-state index in [1.165, 1.54) is 6.20 Å². The SMILES string of the molecule is CN(C(=O)c1cnns1)[C@@H]1CNC[C@H]1O. The van der Waals surface area contributed by atoms with Gasteiger partial charge < -0.3 is 15.3 Å². The fourth-order valence-electron chi connectivity index (χ4n) is 1.63. The number of hydrogen-bond donors (Lipinski definition) is 2. The van der Waals surface area contributed by atoms with Crippen molar-refractivity contribution in [2.45, 2.75) is 12.1 Å². The van der Waals surface area contributed by atoms with Gasteiger partial charge in [0.25, 0.3) is 5.91 Å². The van der Waals surface area contributed by atoms with E-state index in [9.17, 15) is 9.90 Å². The lowest BCUT2D eigenvalue weighted by molar-refractivity contribution is 0.0585. The third-order valence-corrected chi connectivity index (χ3v) is 3.19. The monoisotopic (exact) mass is 228 g/mol. The molecule has 2 rings (SSSR count). The van der Waals surface area contributed by atoms with Gasteiger partial charge in [0.15, 0.2) is 0 Å². The fraction of sp³-hybridized carbons (Fsp3) is 0.625. The Kier molecular flexibility index (Phi) is 2.94. The molecule has 6 nitrogen and oxygen atoms in total. The zero-order chi connectivity index (χ0) is 10.8. The number of β-amino-alcohol motifs (C(OH)–C–C–N with tert-alkyl or cyclic N) is 1. The molecule has 1 saturated heterocycles. The normalized spacial score (nSPS) is 25.5. The summed E-state index contributed by atoms with van der Waals surface area (Å²) in [5, 5.41) is 16.3. The topological polar surface area (TPSA) is 78.4 Å². The number of aliphatic hydroxyl groups is 1. The molecule has 1 amide bonds. The summed E-state index contributed by atoms with van der Waals surface area (Å²) in [6, 6.07) is -0.167. The first-order valence-corrected chi connectivity index (χ1v) is 5.41.